The maximum Gasteiger partial charge on any atom is 0.270 e. The number of aromatic nitrogens is 1. The minimum atomic E-state index is -0.349. The number of hydrogen-bond acceptors (Lipinski definition) is 4. The van der Waals surface area contributed by atoms with Gasteiger partial charge in [0.05, 0.1) is 25.9 Å². The number of likely N-dealkylation sites (N-methyl/N-ethyl adjacent to an activating group) is 1. The van der Waals surface area contributed by atoms with Crippen molar-refractivity contribution in [2.24, 2.45) is 7.05 Å². The van der Waals surface area contributed by atoms with Gasteiger partial charge in [-0.05, 0) is 39.1 Å². The Hall–Kier alpha value is -1.37. The molecule has 2 saturated heterocycles. The van der Waals surface area contributed by atoms with Gasteiger partial charge in [-0.25, -0.2) is 0 Å². The molecule has 1 aromatic rings. The van der Waals surface area contributed by atoms with Gasteiger partial charge in [0.1, 0.15) is 11.3 Å². The summed E-state index contributed by atoms with van der Waals surface area (Å²) in [4.78, 5) is 16.9. The van der Waals surface area contributed by atoms with Crippen LogP contribution in [0.1, 0.15) is 23.3 Å². The van der Waals surface area contributed by atoms with E-state index in [0.29, 0.717) is 32.0 Å². The van der Waals surface area contributed by atoms with Crippen LogP contribution in [0.5, 0.6) is 0 Å². The fourth-order valence-electron chi connectivity index (χ4n) is 3.58. The summed E-state index contributed by atoms with van der Waals surface area (Å²) in [5, 5.41) is 0. The summed E-state index contributed by atoms with van der Waals surface area (Å²) >= 11 is 0. The fourth-order valence-corrected chi connectivity index (χ4v) is 3.58. The highest BCUT2D eigenvalue weighted by Gasteiger charge is 2.44. The van der Waals surface area contributed by atoms with Crippen molar-refractivity contribution in [1.29, 1.82) is 0 Å². The molecule has 0 unspecified atom stereocenters. The number of nitrogens with zero attached hydrogens (tertiary/aromatic N) is 3. The Labute approximate surface area is 137 Å². The van der Waals surface area contributed by atoms with Crippen molar-refractivity contribution >= 4 is 5.91 Å². The average molecular weight is 321 g/mol. The van der Waals surface area contributed by atoms with Gasteiger partial charge in [-0.1, -0.05) is 0 Å². The van der Waals surface area contributed by atoms with E-state index in [1.165, 1.54) is 0 Å². The van der Waals surface area contributed by atoms with Crippen LogP contribution < -0.4 is 0 Å². The first-order valence-electron chi connectivity index (χ1n) is 8.30. The van der Waals surface area contributed by atoms with Gasteiger partial charge in [0.15, 0.2) is 0 Å². The Morgan fingerprint density at radius 2 is 2.30 bits per heavy atom. The number of rotatable bonds is 3. The third-order valence-corrected chi connectivity index (χ3v) is 4.71. The smallest absolute Gasteiger partial charge is 0.270 e. The summed E-state index contributed by atoms with van der Waals surface area (Å²) in [5.74, 6) is 0.0574. The van der Waals surface area contributed by atoms with Gasteiger partial charge in [-0.15, -0.1) is 0 Å². The SMILES string of the molecule is CN(C)C[C@H]1CC[C@@]2(COCCN(C(=O)c3cccn3C)C2)O1. The molecule has 2 aliphatic heterocycles. The van der Waals surface area contributed by atoms with Crippen LogP contribution in [0.3, 0.4) is 0 Å². The van der Waals surface area contributed by atoms with Crippen molar-refractivity contribution in [3.63, 3.8) is 0 Å². The molecule has 2 atom stereocenters. The molecular formula is C17H27N3O3. The summed E-state index contributed by atoms with van der Waals surface area (Å²) in [6.07, 6.45) is 4.09. The minimum absolute atomic E-state index is 0.0574. The number of aryl methyl sites for hydroxylation is 1. The van der Waals surface area contributed by atoms with Crippen molar-refractivity contribution in [2.75, 3.05) is 46.9 Å². The van der Waals surface area contributed by atoms with E-state index in [4.69, 9.17) is 9.47 Å². The van der Waals surface area contributed by atoms with Gasteiger partial charge in [0.25, 0.3) is 5.91 Å². The van der Waals surface area contributed by atoms with Crippen LogP contribution in [0.4, 0.5) is 0 Å². The number of carbonyl (C=O) groups excluding carboxylic acids is 1. The molecule has 128 valence electrons. The number of amides is 1. The third kappa shape index (κ3) is 3.59. The summed E-state index contributed by atoms with van der Waals surface area (Å²) < 4.78 is 14.0. The predicted octanol–water partition coefficient (Wildman–Crippen LogP) is 0.977. The molecule has 0 saturated carbocycles. The first-order valence-corrected chi connectivity index (χ1v) is 8.30. The van der Waals surface area contributed by atoms with Crippen molar-refractivity contribution in [3.05, 3.63) is 24.0 Å². The van der Waals surface area contributed by atoms with Gasteiger partial charge >= 0.3 is 0 Å². The van der Waals surface area contributed by atoms with Gasteiger partial charge in [-0.3, -0.25) is 4.79 Å². The molecule has 0 radical (unpaired) electrons. The quantitative estimate of drug-likeness (QED) is 0.832. The molecule has 3 heterocycles. The van der Waals surface area contributed by atoms with Crippen LogP contribution in [-0.4, -0.2) is 78.9 Å². The standard InChI is InChI=1S/C17H27N3O3/c1-18(2)11-14-6-7-17(23-14)12-20(9-10-22-13-17)16(21)15-5-4-8-19(15)3/h4-5,8,14H,6-7,9-13H2,1-3H3/t14-,17-/m1/s1. The van der Waals surface area contributed by atoms with E-state index in [2.05, 4.69) is 19.0 Å². The van der Waals surface area contributed by atoms with Crippen LogP contribution in [0.25, 0.3) is 0 Å². The lowest BCUT2D eigenvalue weighted by Gasteiger charge is -2.32. The molecule has 2 aliphatic rings. The van der Waals surface area contributed by atoms with Crippen LogP contribution in [0.15, 0.2) is 18.3 Å². The Bertz CT molecular complexity index is 557. The van der Waals surface area contributed by atoms with Gasteiger partial charge in [0, 0.05) is 26.3 Å². The van der Waals surface area contributed by atoms with Crippen molar-refractivity contribution in [1.82, 2.24) is 14.4 Å². The third-order valence-electron chi connectivity index (χ3n) is 4.71. The monoisotopic (exact) mass is 321 g/mol. The molecule has 2 fully saturated rings. The highest BCUT2D eigenvalue weighted by atomic mass is 16.6. The molecule has 0 bridgehead atoms. The van der Waals surface area contributed by atoms with E-state index in [9.17, 15) is 4.79 Å². The van der Waals surface area contributed by atoms with E-state index in [1.54, 1.807) is 0 Å². The predicted molar refractivity (Wildman–Crippen MR) is 87.5 cm³/mol. The fraction of sp³-hybridized carbons (Fsp3) is 0.706. The Morgan fingerprint density at radius 3 is 3.00 bits per heavy atom. The van der Waals surface area contributed by atoms with E-state index < -0.39 is 0 Å². The lowest BCUT2D eigenvalue weighted by molar-refractivity contribution is -0.0878. The number of ether oxygens (including phenoxy) is 2. The molecule has 1 spiro atoms. The van der Waals surface area contributed by atoms with Crippen LogP contribution in [0.2, 0.25) is 0 Å². The van der Waals surface area contributed by atoms with E-state index in [0.717, 1.165) is 19.4 Å². The van der Waals surface area contributed by atoms with Gasteiger partial charge < -0.3 is 23.8 Å². The minimum Gasteiger partial charge on any atom is -0.377 e. The first-order chi connectivity index (χ1) is 11.0. The normalized spacial score (nSPS) is 28.5. The summed E-state index contributed by atoms with van der Waals surface area (Å²) in [6.45, 7) is 3.29. The zero-order valence-corrected chi connectivity index (χ0v) is 14.3. The van der Waals surface area contributed by atoms with E-state index in [-0.39, 0.29) is 17.6 Å². The van der Waals surface area contributed by atoms with Crippen molar-refractivity contribution in [2.45, 2.75) is 24.5 Å². The van der Waals surface area contributed by atoms with Gasteiger partial charge in [-0.2, -0.15) is 0 Å². The molecule has 0 aromatic carbocycles. The average Bonchev–Trinajstić information content (AvgIpc) is 3.01. The Morgan fingerprint density at radius 1 is 1.48 bits per heavy atom. The molecule has 6 heteroatoms. The van der Waals surface area contributed by atoms with Crippen LogP contribution in [-0.2, 0) is 16.5 Å². The maximum atomic E-state index is 12.8. The molecule has 6 nitrogen and oxygen atoms in total. The van der Waals surface area contributed by atoms with Gasteiger partial charge in [0.2, 0.25) is 0 Å². The van der Waals surface area contributed by atoms with E-state index >= 15 is 0 Å². The van der Waals surface area contributed by atoms with Crippen molar-refractivity contribution in [3.8, 4) is 0 Å². The molecule has 1 aromatic heterocycles. The molecule has 1 amide bonds. The summed E-state index contributed by atoms with van der Waals surface area (Å²) in [6, 6.07) is 3.77. The number of carbonyl (C=O) groups is 1. The molecular weight excluding hydrogens is 294 g/mol. The second-order valence-electron chi connectivity index (χ2n) is 7.01. The van der Waals surface area contributed by atoms with Crippen LogP contribution in [0, 0.1) is 0 Å². The topological polar surface area (TPSA) is 46.9 Å². The summed E-state index contributed by atoms with van der Waals surface area (Å²) in [5.41, 5.74) is 0.364. The largest absolute Gasteiger partial charge is 0.377 e. The summed E-state index contributed by atoms with van der Waals surface area (Å²) in [7, 11) is 6.02. The highest BCUT2D eigenvalue weighted by molar-refractivity contribution is 5.92. The zero-order chi connectivity index (χ0) is 16.4. The lowest BCUT2D eigenvalue weighted by atomic mass is 10.00. The molecule has 0 N–H and O–H groups in total. The first kappa shape index (κ1) is 16.5. The second kappa shape index (κ2) is 6.63. The Balaban J connectivity index is 1.72. The van der Waals surface area contributed by atoms with Crippen LogP contribution >= 0.6 is 0 Å². The van der Waals surface area contributed by atoms with Crippen molar-refractivity contribution < 1.29 is 14.3 Å². The zero-order valence-electron chi connectivity index (χ0n) is 14.3. The Kier molecular flexibility index (Phi) is 4.75. The lowest BCUT2D eigenvalue weighted by Crippen LogP contribution is -2.47. The maximum absolute atomic E-state index is 12.8. The highest BCUT2D eigenvalue weighted by Crippen LogP contribution is 2.33. The molecule has 0 aliphatic carbocycles. The number of hydrogen-bond donors (Lipinski definition) is 0. The van der Waals surface area contributed by atoms with E-state index in [1.807, 2.05) is 34.8 Å². The molecule has 3 rings (SSSR count). The molecule has 23 heavy (non-hydrogen) atoms. The second-order valence-corrected chi connectivity index (χ2v) is 7.01.